The number of primary amides is 1. The van der Waals surface area contributed by atoms with Crippen molar-refractivity contribution in [2.45, 2.75) is 87.9 Å². The summed E-state index contributed by atoms with van der Waals surface area (Å²) in [4.78, 5) is 80.6. The highest BCUT2D eigenvalue weighted by molar-refractivity contribution is 5.97. The largest absolute Gasteiger partial charge is 0.370 e. The van der Waals surface area contributed by atoms with Gasteiger partial charge in [-0.25, -0.2) is 0 Å². The van der Waals surface area contributed by atoms with E-state index >= 15 is 0 Å². The Morgan fingerprint density at radius 1 is 0.683 bits per heavy atom. The van der Waals surface area contributed by atoms with Crippen LogP contribution in [0.3, 0.4) is 0 Å². The quantitative estimate of drug-likeness (QED) is 0.0385. The van der Waals surface area contributed by atoms with Crippen LogP contribution in [0.2, 0.25) is 0 Å². The van der Waals surface area contributed by atoms with E-state index in [0.29, 0.717) is 25.7 Å². The maximum atomic E-state index is 14.4. The maximum absolute atomic E-state index is 14.4. The van der Waals surface area contributed by atoms with Crippen molar-refractivity contribution in [2.24, 2.45) is 11.5 Å². The monoisotopic (exact) mass is 817 g/mol. The first-order valence-electron chi connectivity index (χ1n) is 20.2. The highest BCUT2D eigenvalue weighted by Gasteiger charge is 2.44. The van der Waals surface area contributed by atoms with Crippen LogP contribution in [0.15, 0.2) is 103 Å². The van der Waals surface area contributed by atoms with Crippen LogP contribution in [0, 0.1) is 5.41 Å². The lowest BCUT2D eigenvalue weighted by molar-refractivity contribution is -0.138. The van der Waals surface area contributed by atoms with Gasteiger partial charge in [0.25, 0.3) is 0 Å². The number of hydrogen-bond donors (Lipinski definition) is 9. The smallest absolute Gasteiger partial charge is 0.246 e. The molecule has 4 aromatic rings. The Labute approximate surface area is 349 Å². The molecule has 1 fully saturated rings. The Balaban J connectivity index is 1.39. The first-order valence-corrected chi connectivity index (χ1v) is 20.2. The minimum absolute atomic E-state index is 0.0524. The zero-order chi connectivity index (χ0) is 43.1. The maximum Gasteiger partial charge on any atom is 0.246 e. The van der Waals surface area contributed by atoms with E-state index in [4.69, 9.17) is 16.9 Å². The van der Waals surface area contributed by atoms with Gasteiger partial charge in [-0.2, -0.15) is 0 Å². The van der Waals surface area contributed by atoms with E-state index in [1.54, 1.807) is 0 Å². The third kappa shape index (κ3) is 12.9. The number of carbonyl (C=O) groups excluding carboxylic acids is 6. The molecule has 15 nitrogen and oxygen atoms in total. The van der Waals surface area contributed by atoms with Crippen molar-refractivity contribution >= 4 is 52.2 Å². The molecule has 316 valence electrons. The summed E-state index contributed by atoms with van der Waals surface area (Å²) in [5.74, 6) is -3.72. The summed E-state index contributed by atoms with van der Waals surface area (Å²) >= 11 is 0. The SMILES string of the molecule is CC(=O)N[C@]1(C(=O)N[C@H](Cc2ccccc2)C(=O)N[C@@H](CCCNC(=N)N)C(=O)N[C@@H](Cc2ccc3ccccc3c2)C(=O)NCC(N)=O)CC[C@H](c2ccccc2)CC1. The molecule has 6 amide bonds. The van der Waals surface area contributed by atoms with Crippen LogP contribution >= 0.6 is 0 Å². The number of fused-ring (bicyclic) bond motifs is 1. The number of hydrogen-bond acceptors (Lipinski definition) is 7. The topological polar surface area (TPSA) is 250 Å². The van der Waals surface area contributed by atoms with Gasteiger partial charge in [0.2, 0.25) is 35.4 Å². The Bertz CT molecular complexity index is 2140. The van der Waals surface area contributed by atoms with Gasteiger partial charge >= 0.3 is 0 Å². The second kappa shape index (κ2) is 21.3. The van der Waals surface area contributed by atoms with Crippen molar-refractivity contribution in [3.63, 3.8) is 0 Å². The van der Waals surface area contributed by atoms with E-state index in [1.165, 1.54) is 6.92 Å². The fourth-order valence-corrected chi connectivity index (χ4v) is 7.72. The van der Waals surface area contributed by atoms with Gasteiger partial charge in [-0.3, -0.25) is 34.2 Å². The molecule has 11 N–H and O–H groups in total. The van der Waals surface area contributed by atoms with E-state index in [2.05, 4.69) is 44.0 Å². The van der Waals surface area contributed by atoms with Crippen LogP contribution in [0.4, 0.5) is 0 Å². The number of amides is 6. The van der Waals surface area contributed by atoms with E-state index in [0.717, 1.165) is 27.5 Å². The molecule has 0 heterocycles. The van der Waals surface area contributed by atoms with Gasteiger partial charge in [-0.05, 0) is 71.9 Å². The molecule has 0 aliphatic heterocycles. The molecule has 1 aliphatic rings. The first-order chi connectivity index (χ1) is 28.8. The number of benzene rings is 4. The van der Waals surface area contributed by atoms with Crippen molar-refractivity contribution in [1.82, 2.24) is 31.9 Å². The molecule has 0 saturated heterocycles. The number of guanidine groups is 1. The second-order valence-corrected chi connectivity index (χ2v) is 15.3. The molecule has 1 saturated carbocycles. The van der Waals surface area contributed by atoms with Crippen LogP contribution in [0.5, 0.6) is 0 Å². The van der Waals surface area contributed by atoms with Crippen molar-refractivity contribution in [2.75, 3.05) is 13.1 Å². The van der Waals surface area contributed by atoms with Crippen molar-refractivity contribution in [3.05, 3.63) is 120 Å². The fourth-order valence-electron chi connectivity index (χ4n) is 7.72. The van der Waals surface area contributed by atoms with E-state index in [9.17, 15) is 28.8 Å². The summed E-state index contributed by atoms with van der Waals surface area (Å²) in [7, 11) is 0. The van der Waals surface area contributed by atoms with Gasteiger partial charge < -0.3 is 43.4 Å². The predicted octanol–water partition coefficient (Wildman–Crippen LogP) is 2.18. The lowest BCUT2D eigenvalue weighted by Crippen LogP contribution is -2.64. The average Bonchev–Trinajstić information content (AvgIpc) is 3.23. The minimum atomic E-state index is -1.27. The van der Waals surface area contributed by atoms with Crippen LogP contribution in [0.25, 0.3) is 10.8 Å². The molecule has 5 rings (SSSR count). The summed E-state index contributed by atoms with van der Waals surface area (Å²) in [5.41, 5.74) is 12.2. The normalized spacial score (nSPS) is 17.5. The van der Waals surface area contributed by atoms with Gasteiger partial charge in [-0.15, -0.1) is 0 Å². The first kappa shape index (κ1) is 44.3. The van der Waals surface area contributed by atoms with Crippen LogP contribution in [0.1, 0.15) is 68.1 Å². The molecule has 0 radical (unpaired) electrons. The molecule has 0 unspecified atom stereocenters. The molecule has 4 aromatic carbocycles. The molecular formula is C45H55N9O6. The molecule has 15 heteroatoms. The number of nitrogens with one attached hydrogen (secondary N) is 7. The summed E-state index contributed by atoms with van der Waals surface area (Å²) < 4.78 is 0. The van der Waals surface area contributed by atoms with Gasteiger partial charge in [0.1, 0.15) is 23.7 Å². The van der Waals surface area contributed by atoms with Crippen molar-refractivity contribution in [1.29, 1.82) is 5.41 Å². The Morgan fingerprint density at radius 3 is 1.92 bits per heavy atom. The third-order valence-corrected chi connectivity index (χ3v) is 10.8. The van der Waals surface area contributed by atoms with E-state index < -0.39 is 59.7 Å². The van der Waals surface area contributed by atoms with Crippen LogP contribution in [-0.2, 0) is 41.6 Å². The number of carbonyl (C=O) groups is 6. The number of nitrogens with two attached hydrogens (primary N) is 2. The summed E-state index contributed by atoms with van der Waals surface area (Å²) in [5, 5.41) is 26.1. The Kier molecular flexibility index (Phi) is 15.7. The predicted molar refractivity (Wildman–Crippen MR) is 229 cm³/mol. The average molecular weight is 818 g/mol. The van der Waals surface area contributed by atoms with Crippen LogP contribution in [-0.4, -0.2) is 78.2 Å². The standard InChI is InChI=1S/C45H55N9O6/c1-29(55)54-45(22-20-34(21-23-45)32-13-6-3-7-14-32)43(60)53-38(26-30-11-4-2-5-12-30)42(59)51-36(17-10-24-49-44(47)48)41(58)52-37(40(57)50-28-39(46)56)27-31-18-19-33-15-8-9-16-35(33)25-31/h2-9,11-16,18-19,25,34,36-38H,10,17,20-24,26-28H2,1H3,(H2,46,56)(H,50,57)(H,51,59)(H,52,58)(H,53,60)(H,54,55)(H4,47,48,49)/t34-,36-,37-,38+,45+/m0/s1. The van der Waals surface area contributed by atoms with Crippen molar-refractivity contribution in [3.8, 4) is 0 Å². The van der Waals surface area contributed by atoms with Crippen LogP contribution < -0.4 is 43.4 Å². The molecule has 1 aliphatic carbocycles. The second-order valence-electron chi connectivity index (χ2n) is 15.3. The fraction of sp³-hybridized carbons (Fsp3) is 0.356. The Hall–Kier alpha value is -6.77. The highest BCUT2D eigenvalue weighted by Crippen LogP contribution is 2.38. The van der Waals surface area contributed by atoms with E-state index in [1.807, 2.05) is 91.0 Å². The van der Waals surface area contributed by atoms with Crippen molar-refractivity contribution < 1.29 is 28.8 Å². The molecule has 3 atom stereocenters. The molecule has 60 heavy (non-hydrogen) atoms. The molecular weight excluding hydrogens is 763 g/mol. The molecule has 0 aromatic heterocycles. The Morgan fingerprint density at radius 2 is 1.27 bits per heavy atom. The van der Waals surface area contributed by atoms with Gasteiger partial charge in [0.05, 0.1) is 6.54 Å². The summed E-state index contributed by atoms with van der Waals surface area (Å²) in [6.45, 7) is 1.12. The zero-order valence-electron chi connectivity index (χ0n) is 33.8. The zero-order valence-corrected chi connectivity index (χ0v) is 33.8. The van der Waals surface area contributed by atoms with Gasteiger partial charge in [-0.1, -0.05) is 103 Å². The summed E-state index contributed by atoms with van der Waals surface area (Å²) in [6, 6.07) is 28.9. The minimum Gasteiger partial charge on any atom is -0.370 e. The van der Waals surface area contributed by atoms with E-state index in [-0.39, 0.29) is 50.0 Å². The lowest BCUT2D eigenvalue weighted by atomic mass is 9.73. The lowest BCUT2D eigenvalue weighted by Gasteiger charge is -2.40. The van der Waals surface area contributed by atoms with Gasteiger partial charge in [0, 0.05) is 26.3 Å². The third-order valence-electron chi connectivity index (χ3n) is 10.8. The molecule has 0 spiro atoms. The highest BCUT2D eigenvalue weighted by atomic mass is 16.2. The summed E-state index contributed by atoms with van der Waals surface area (Å²) in [6.07, 6.45) is 2.44. The van der Waals surface area contributed by atoms with Gasteiger partial charge in [0.15, 0.2) is 5.96 Å². The number of rotatable bonds is 19. The molecule has 0 bridgehead atoms.